The number of nitrogen functional groups attached to an aromatic ring is 1. The Balaban J connectivity index is 1.69. The smallest absolute Gasteiger partial charge is 0.337 e. The molecular formula is C13H17N3O2. The maximum atomic E-state index is 11.0. The van der Waals surface area contributed by atoms with E-state index >= 15 is 0 Å². The largest absolute Gasteiger partial charge is 0.478 e. The van der Waals surface area contributed by atoms with Crippen LogP contribution in [-0.2, 0) is 0 Å². The minimum Gasteiger partial charge on any atom is -0.478 e. The molecule has 18 heavy (non-hydrogen) atoms. The van der Waals surface area contributed by atoms with Crippen molar-refractivity contribution in [1.29, 1.82) is 0 Å². The van der Waals surface area contributed by atoms with Gasteiger partial charge in [0.15, 0.2) is 0 Å². The third kappa shape index (κ3) is 2.00. The van der Waals surface area contributed by atoms with Crippen molar-refractivity contribution >= 4 is 17.5 Å². The highest BCUT2D eigenvalue weighted by Crippen LogP contribution is 2.61. The second-order valence-corrected chi connectivity index (χ2v) is 5.45. The second kappa shape index (κ2) is 3.86. The number of carboxylic acids is 1. The molecule has 1 aromatic rings. The Labute approximate surface area is 105 Å². The van der Waals surface area contributed by atoms with Crippen molar-refractivity contribution in [2.45, 2.75) is 25.7 Å². The predicted octanol–water partition coefficient (Wildman–Crippen LogP) is 1.96. The van der Waals surface area contributed by atoms with E-state index in [2.05, 4.69) is 10.3 Å². The summed E-state index contributed by atoms with van der Waals surface area (Å²) < 4.78 is 0. The Bertz CT molecular complexity index is 493. The number of hydrogen-bond donors (Lipinski definition) is 3. The average molecular weight is 247 g/mol. The fraction of sp³-hybridized carbons (Fsp3) is 0.538. The van der Waals surface area contributed by atoms with E-state index in [9.17, 15) is 4.79 Å². The molecule has 2 saturated carbocycles. The third-order valence-electron chi connectivity index (χ3n) is 4.12. The Morgan fingerprint density at radius 3 is 2.83 bits per heavy atom. The van der Waals surface area contributed by atoms with Gasteiger partial charge < -0.3 is 16.2 Å². The maximum absolute atomic E-state index is 11.0. The molecule has 0 aliphatic heterocycles. The first kappa shape index (κ1) is 11.3. The Hall–Kier alpha value is -1.78. The van der Waals surface area contributed by atoms with Crippen LogP contribution >= 0.6 is 0 Å². The summed E-state index contributed by atoms with van der Waals surface area (Å²) in [5.74, 6) is 0.465. The lowest BCUT2D eigenvalue weighted by Gasteiger charge is -2.15. The van der Waals surface area contributed by atoms with Gasteiger partial charge in [-0.15, -0.1) is 0 Å². The van der Waals surface area contributed by atoms with Crippen LogP contribution in [0.15, 0.2) is 12.3 Å². The standard InChI is InChI=1S/C13H17N3O2/c14-10-6-15-11(5-9(10)12(17)18)16-7-13(3-4-13)8-1-2-8/h5-6,8H,1-4,7,14H2,(H,15,16)(H,17,18). The molecule has 2 fully saturated rings. The Kier molecular flexibility index (Phi) is 2.43. The molecule has 0 bridgehead atoms. The molecule has 5 heteroatoms. The van der Waals surface area contributed by atoms with E-state index < -0.39 is 5.97 Å². The number of carboxylic acid groups (broad SMARTS) is 1. The molecule has 5 nitrogen and oxygen atoms in total. The molecule has 1 heterocycles. The first-order valence-corrected chi connectivity index (χ1v) is 6.33. The van der Waals surface area contributed by atoms with Gasteiger partial charge in [-0.05, 0) is 43.1 Å². The molecule has 96 valence electrons. The van der Waals surface area contributed by atoms with E-state index in [0.717, 1.165) is 12.5 Å². The van der Waals surface area contributed by atoms with E-state index in [1.807, 2.05) is 0 Å². The van der Waals surface area contributed by atoms with E-state index in [-0.39, 0.29) is 11.3 Å². The molecule has 4 N–H and O–H groups in total. The zero-order chi connectivity index (χ0) is 12.8. The number of nitrogens with two attached hydrogens (primary N) is 1. The van der Waals surface area contributed by atoms with Gasteiger partial charge in [-0.3, -0.25) is 0 Å². The summed E-state index contributed by atoms with van der Waals surface area (Å²) >= 11 is 0. The van der Waals surface area contributed by atoms with Crippen LogP contribution in [0.5, 0.6) is 0 Å². The average Bonchev–Trinajstić information content (AvgIpc) is 3.20. The highest BCUT2D eigenvalue weighted by Gasteiger charge is 2.53. The van der Waals surface area contributed by atoms with Crippen LogP contribution in [0.4, 0.5) is 11.5 Å². The van der Waals surface area contributed by atoms with Gasteiger partial charge in [-0.2, -0.15) is 0 Å². The zero-order valence-electron chi connectivity index (χ0n) is 10.1. The van der Waals surface area contributed by atoms with Gasteiger partial charge in [-0.25, -0.2) is 9.78 Å². The van der Waals surface area contributed by atoms with E-state index in [0.29, 0.717) is 11.2 Å². The molecule has 0 spiro atoms. The number of pyridine rings is 1. The molecular weight excluding hydrogens is 230 g/mol. The molecule has 0 radical (unpaired) electrons. The first-order valence-electron chi connectivity index (χ1n) is 6.33. The minimum absolute atomic E-state index is 0.115. The number of nitrogens with one attached hydrogen (secondary N) is 1. The Morgan fingerprint density at radius 1 is 1.56 bits per heavy atom. The molecule has 2 aliphatic carbocycles. The molecule has 0 unspecified atom stereocenters. The second-order valence-electron chi connectivity index (χ2n) is 5.45. The summed E-state index contributed by atoms with van der Waals surface area (Å²) in [6.45, 7) is 0.896. The summed E-state index contributed by atoms with van der Waals surface area (Å²) in [6, 6.07) is 1.51. The number of hydrogen-bond acceptors (Lipinski definition) is 4. The van der Waals surface area contributed by atoms with Crippen molar-refractivity contribution in [2.75, 3.05) is 17.6 Å². The summed E-state index contributed by atoms with van der Waals surface area (Å²) in [4.78, 5) is 15.1. The van der Waals surface area contributed by atoms with Crippen molar-refractivity contribution in [1.82, 2.24) is 4.98 Å². The molecule has 0 atom stereocenters. The molecule has 2 aliphatic rings. The highest BCUT2D eigenvalue weighted by molar-refractivity contribution is 5.94. The van der Waals surface area contributed by atoms with Gasteiger partial charge in [0.05, 0.1) is 17.4 Å². The molecule has 1 aromatic heterocycles. The molecule has 0 amide bonds. The van der Waals surface area contributed by atoms with Crippen molar-refractivity contribution in [3.8, 4) is 0 Å². The topological polar surface area (TPSA) is 88.2 Å². The van der Waals surface area contributed by atoms with Crippen LogP contribution < -0.4 is 11.1 Å². The van der Waals surface area contributed by atoms with Crippen LogP contribution in [0.1, 0.15) is 36.0 Å². The minimum atomic E-state index is -1.01. The van der Waals surface area contributed by atoms with Gasteiger partial charge >= 0.3 is 5.97 Å². The van der Waals surface area contributed by atoms with Gasteiger partial charge in [0.2, 0.25) is 0 Å². The van der Waals surface area contributed by atoms with Crippen LogP contribution in [-0.4, -0.2) is 22.6 Å². The lowest BCUT2D eigenvalue weighted by molar-refractivity contribution is 0.0698. The van der Waals surface area contributed by atoms with Crippen molar-refractivity contribution in [3.05, 3.63) is 17.8 Å². The van der Waals surface area contributed by atoms with Crippen molar-refractivity contribution in [3.63, 3.8) is 0 Å². The fourth-order valence-corrected chi connectivity index (χ4v) is 2.60. The van der Waals surface area contributed by atoms with E-state index in [1.165, 1.54) is 37.9 Å². The maximum Gasteiger partial charge on any atom is 0.337 e. The van der Waals surface area contributed by atoms with Crippen LogP contribution in [0.25, 0.3) is 0 Å². The van der Waals surface area contributed by atoms with Crippen molar-refractivity contribution in [2.24, 2.45) is 11.3 Å². The number of carbonyl (C=O) groups is 1. The molecule has 0 saturated heterocycles. The predicted molar refractivity (Wildman–Crippen MR) is 68.5 cm³/mol. The third-order valence-corrected chi connectivity index (χ3v) is 4.12. The lowest BCUT2D eigenvalue weighted by atomic mass is 10.0. The number of aromatic nitrogens is 1. The molecule has 3 rings (SSSR count). The zero-order valence-corrected chi connectivity index (χ0v) is 10.1. The number of aromatic carboxylic acids is 1. The lowest BCUT2D eigenvalue weighted by Crippen LogP contribution is -2.18. The van der Waals surface area contributed by atoms with Gasteiger partial charge in [-0.1, -0.05) is 0 Å². The van der Waals surface area contributed by atoms with Gasteiger partial charge in [0, 0.05) is 6.54 Å². The summed E-state index contributed by atoms with van der Waals surface area (Å²) in [7, 11) is 0. The highest BCUT2D eigenvalue weighted by atomic mass is 16.4. The van der Waals surface area contributed by atoms with Crippen LogP contribution in [0.2, 0.25) is 0 Å². The number of rotatable bonds is 5. The molecule has 0 aromatic carbocycles. The van der Waals surface area contributed by atoms with Crippen molar-refractivity contribution < 1.29 is 9.90 Å². The quantitative estimate of drug-likeness (QED) is 0.740. The monoisotopic (exact) mass is 247 g/mol. The SMILES string of the molecule is Nc1cnc(NCC2(C3CC3)CC2)cc1C(=O)O. The summed E-state index contributed by atoms with van der Waals surface area (Å²) in [6.07, 6.45) is 6.66. The number of nitrogens with zero attached hydrogens (tertiary/aromatic N) is 1. The Morgan fingerprint density at radius 2 is 2.28 bits per heavy atom. The van der Waals surface area contributed by atoms with Gasteiger partial charge in [0.25, 0.3) is 0 Å². The van der Waals surface area contributed by atoms with Gasteiger partial charge in [0.1, 0.15) is 5.82 Å². The fourth-order valence-electron chi connectivity index (χ4n) is 2.60. The van der Waals surface area contributed by atoms with E-state index in [1.54, 1.807) is 0 Å². The normalized spacial score (nSPS) is 20.4. The number of anilines is 2. The van der Waals surface area contributed by atoms with E-state index in [4.69, 9.17) is 10.8 Å². The summed E-state index contributed by atoms with van der Waals surface area (Å²) in [5, 5.41) is 12.3. The van der Waals surface area contributed by atoms with Crippen LogP contribution in [0, 0.1) is 11.3 Å². The summed E-state index contributed by atoms with van der Waals surface area (Å²) in [5.41, 5.74) is 6.36. The van der Waals surface area contributed by atoms with Crippen LogP contribution in [0.3, 0.4) is 0 Å². The first-order chi connectivity index (χ1) is 8.61.